The first kappa shape index (κ1) is 35.1. The molecule has 13 rings (SSSR count). The van der Waals surface area contributed by atoms with Gasteiger partial charge in [-0.3, -0.25) is 0 Å². The Hall–Kier alpha value is -7.66. The molecule has 62 heavy (non-hydrogen) atoms. The molecule has 0 atom stereocenters. The zero-order valence-corrected chi connectivity index (χ0v) is 35.0. The average Bonchev–Trinajstić information content (AvgIpc) is 3.64. The Morgan fingerprint density at radius 2 is 0.871 bits per heavy atom. The first-order valence-electron chi connectivity index (χ1n) is 21.6. The van der Waals surface area contributed by atoms with Gasteiger partial charge >= 0.3 is 0 Å². The van der Waals surface area contributed by atoms with Crippen molar-refractivity contribution in [2.45, 2.75) is 0 Å². The van der Waals surface area contributed by atoms with Gasteiger partial charge in [-0.1, -0.05) is 182 Å². The molecule has 4 heteroatoms. The fourth-order valence-corrected chi connectivity index (χ4v) is 16.3. The number of hydrogen-bond acceptors (Lipinski definition) is 2. The Labute approximate surface area is 363 Å². The molecule has 0 bridgehead atoms. The molecular weight excluding hydrogens is 764 g/mol. The molecular formula is C58H39BN2Si. The number of anilines is 6. The summed E-state index contributed by atoms with van der Waals surface area (Å²) < 4.78 is 0. The summed E-state index contributed by atoms with van der Waals surface area (Å²) in [5.41, 5.74) is 16.3. The second-order valence-electron chi connectivity index (χ2n) is 16.8. The summed E-state index contributed by atoms with van der Waals surface area (Å²) in [5, 5.41) is 8.19. The van der Waals surface area contributed by atoms with Crippen LogP contribution in [0, 0.1) is 0 Å². The van der Waals surface area contributed by atoms with E-state index in [1.54, 1.807) is 0 Å². The highest BCUT2D eigenvalue weighted by Gasteiger charge is 2.51. The van der Waals surface area contributed by atoms with E-state index < -0.39 is 8.07 Å². The van der Waals surface area contributed by atoms with Crippen LogP contribution in [-0.2, 0) is 0 Å². The zero-order chi connectivity index (χ0) is 40.8. The third kappa shape index (κ3) is 4.99. The molecule has 288 valence electrons. The molecule has 0 radical (unpaired) electrons. The van der Waals surface area contributed by atoms with E-state index in [2.05, 4.69) is 246 Å². The number of fused-ring (bicyclic) bond motifs is 8. The first-order valence-corrected chi connectivity index (χ1v) is 23.6. The topological polar surface area (TPSA) is 6.48 Å². The van der Waals surface area contributed by atoms with Crippen LogP contribution >= 0.6 is 0 Å². The van der Waals surface area contributed by atoms with Crippen molar-refractivity contribution in [3.05, 3.63) is 237 Å². The van der Waals surface area contributed by atoms with Crippen LogP contribution in [0.15, 0.2) is 237 Å². The van der Waals surface area contributed by atoms with Gasteiger partial charge in [-0.2, -0.15) is 0 Å². The molecule has 0 amide bonds. The Bertz CT molecular complexity index is 3330. The lowest BCUT2D eigenvalue weighted by molar-refractivity contribution is 1.25. The average molecular weight is 803 g/mol. The van der Waals surface area contributed by atoms with Crippen molar-refractivity contribution in [3.8, 4) is 22.3 Å². The molecule has 3 heterocycles. The summed E-state index contributed by atoms with van der Waals surface area (Å²) in [6, 6.07) is 88.9. The molecule has 0 aliphatic carbocycles. The molecule has 3 aliphatic rings. The minimum Gasteiger partial charge on any atom is -0.311 e. The van der Waals surface area contributed by atoms with Gasteiger partial charge in [0.15, 0.2) is 8.07 Å². The summed E-state index contributed by atoms with van der Waals surface area (Å²) >= 11 is 0. The standard InChI is InChI=1S/C58H39BN2Si/c1-5-21-44(22-6-1)60-52-31-17-16-30-50(52)59-51-38-49-48-29-15-18-32-56(48)62(46-25-9-3-10-26-46,47-27-11-4-12-28-47)57(49)39-53(51)61(45-23-7-2-8-24-45)55-37-43(36-54(60)58(55)59)42-34-33-40-19-13-14-20-41(40)35-42/h1-39H. The van der Waals surface area contributed by atoms with Crippen molar-refractivity contribution in [1.29, 1.82) is 0 Å². The van der Waals surface area contributed by atoms with Gasteiger partial charge in [0.05, 0.1) is 0 Å². The molecule has 0 aromatic heterocycles. The van der Waals surface area contributed by atoms with Gasteiger partial charge in [-0.15, -0.1) is 0 Å². The van der Waals surface area contributed by atoms with Gasteiger partial charge in [-0.25, -0.2) is 0 Å². The summed E-state index contributed by atoms with van der Waals surface area (Å²) in [7, 11) is -2.79. The maximum Gasteiger partial charge on any atom is 0.252 e. The van der Waals surface area contributed by atoms with E-state index in [0.717, 1.165) is 11.4 Å². The number of nitrogens with zero attached hydrogens (tertiary/aromatic N) is 2. The first-order chi connectivity index (χ1) is 30.8. The van der Waals surface area contributed by atoms with Crippen LogP contribution in [0.3, 0.4) is 0 Å². The number of hydrogen-bond donors (Lipinski definition) is 0. The van der Waals surface area contributed by atoms with Crippen molar-refractivity contribution in [1.82, 2.24) is 0 Å². The van der Waals surface area contributed by atoms with Gasteiger partial charge in [-0.05, 0) is 125 Å². The van der Waals surface area contributed by atoms with E-state index in [9.17, 15) is 0 Å². The summed E-state index contributed by atoms with van der Waals surface area (Å²) in [5.74, 6) is 0. The summed E-state index contributed by atoms with van der Waals surface area (Å²) in [4.78, 5) is 5.10. The lowest BCUT2D eigenvalue weighted by atomic mass is 9.33. The molecule has 3 aliphatic heterocycles. The van der Waals surface area contributed by atoms with Crippen LogP contribution in [0.5, 0.6) is 0 Å². The fraction of sp³-hybridized carbons (Fsp3) is 0. The minimum atomic E-state index is -2.79. The van der Waals surface area contributed by atoms with E-state index in [1.807, 2.05) is 0 Å². The largest absolute Gasteiger partial charge is 0.311 e. The molecule has 0 fully saturated rings. The molecule has 0 spiro atoms. The number of benzene rings is 10. The van der Waals surface area contributed by atoms with E-state index >= 15 is 0 Å². The van der Waals surface area contributed by atoms with E-state index in [0.29, 0.717) is 0 Å². The second kappa shape index (κ2) is 13.7. The fourth-order valence-electron chi connectivity index (χ4n) is 11.1. The third-order valence-corrected chi connectivity index (χ3v) is 18.5. The van der Waals surface area contributed by atoms with Crippen molar-refractivity contribution >= 4 is 96.8 Å². The summed E-state index contributed by atoms with van der Waals surface area (Å²) in [6.07, 6.45) is 0. The molecule has 2 nitrogen and oxygen atoms in total. The molecule has 10 aromatic carbocycles. The van der Waals surface area contributed by atoms with Gasteiger partial charge in [0.2, 0.25) is 0 Å². The molecule has 0 saturated heterocycles. The third-order valence-electron chi connectivity index (χ3n) is 13.7. The smallest absolute Gasteiger partial charge is 0.252 e. The van der Waals surface area contributed by atoms with Crippen LogP contribution in [0.25, 0.3) is 33.0 Å². The normalized spacial score (nSPS) is 13.8. The zero-order valence-electron chi connectivity index (χ0n) is 34.0. The lowest BCUT2D eigenvalue weighted by Gasteiger charge is -2.45. The highest BCUT2D eigenvalue weighted by atomic mass is 28.3. The summed E-state index contributed by atoms with van der Waals surface area (Å²) in [6.45, 7) is -0.000595. The van der Waals surface area contributed by atoms with Gasteiger partial charge in [0.1, 0.15) is 0 Å². The SMILES string of the molecule is c1ccc(N2c3ccccc3B3c4cc5c(cc4N(c4ccccc4)c4cc(-c6ccc7ccccc7c6)cc2c43)[Si](c2ccccc2)(c2ccccc2)c2ccccc2-5)cc1. The van der Waals surface area contributed by atoms with Gasteiger partial charge in [0, 0.05) is 34.1 Å². The Kier molecular flexibility index (Phi) is 7.75. The maximum atomic E-state index is 2.63. The predicted octanol–water partition coefficient (Wildman–Crippen LogP) is 9.95. The van der Waals surface area contributed by atoms with E-state index in [4.69, 9.17) is 0 Å². The van der Waals surface area contributed by atoms with Crippen molar-refractivity contribution < 1.29 is 0 Å². The van der Waals surface area contributed by atoms with Crippen molar-refractivity contribution in [2.24, 2.45) is 0 Å². The highest BCUT2D eigenvalue weighted by molar-refractivity contribution is 7.22. The lowest BCUT2D eigenvalue weighted by Crippen LogP contribution is -2.73. The van der Waals surface area contributed by atoms with E-state index in [1.165, 1.54) is 92.9 Å². The minimum absolute atomic E-state index is 0.000595. The predicted molar refractivity (Wildman–Crippen MR) is 266 cm³/mol. The van der Waals surface area contributed by atoms with Crippen molar-refractivity contribution in [2.75, 3.05) is 9.80 Å². The quantitative estimate of drug-likeness (QED) is 0.160. The maximum absolute atomic E-state index is 2.79. The molecule has 0 unspecified atom stereocenters. The van der Waals surface area contributed by atoms with Crippen LogP contribution in [0.2, 0.25) is 0 Å². The van der Waals surface area contributed by atoms with Crippen molar-refractivity contribution in [3.63, 3.8) is 0 Å². The monoisotopic (exact) mass is 802 g/mol. The highest BCUT2D eigenvalue weighted by Crippen LogP contribution is 2.47. The van der Waals surface area contributed by atoms with Crippen LogP contribution < -0.4 is 46.9 Å². The Morgan fingerprint density at radius 1 is 0.323 bits per heavy atom. The Balaban J connectivity index is 1.17. The Morgan fingerprint density at radius 3 is 1.55 bits per heavy atom. The van der Waals surface area contributed by atoms with Crippen LogP contribution in [0.4, 0.5) is 34.1 Å². The molecule has 0 N–H and O–H groups in total. The molecule has 0 saturated carbocycles. The number of para-hydroxylation sites is 3. The van der Waals surface area contributed by atoms with Crippen LogP contribution in [-0.4, -0.2) is 14.8 Å². The molecule has 10 aromatic rings. The van der Waals surface area contributed by atoms with Crippen LogP contribution in [0.1, 0.15) is 0 Å². The van der Waals surface area contributed by atoms with Gasteiger partial charge in [0.25, 0.3) is 6.71 Å². The van der Waals surface area contributed by atoms with E-state index in [-0.39, 0.29) is 6.71 Å². The van der Waals surface area contributed by atoms with Gasteiger partial charge < -0.3 is 9.80 Å². The second-order valence-corrected chi connectivity index (χ2v) is 20.5. The number of rotatable bonds is 5.